The monoisotopic (exact) mass is 422 g/mol. The van der Waals surface area contributed by atoms with E-state index in [0.717, 1.165) is 5.56 Å². The lowest BCUT2D eigenvalue weighted by Gasteiger charge is -2.29. The van der Waals surface area contributed by atoms with E-state index in [1.54, 1.807) is 12.1 Å². The number of aliphatic hydroxyl groups is 2. The Morgan fingerprint density at radius 2 is 1.58 bits per heavy atom. The van der Waals surface area contributed by atoms with Crippen molar-refractivity contribution in [3.8, 4) is 11.5 Å². The molecule has 2 aromatic rings. The van der Waals surface area contributed by atoms with E-state index < -0.39 is 22.9 Å². The van der Waals surface area contributed by atoms with Gasteiger partial charge in [0.2, 0.25) is 0 Å². The molecule has 0 bridgehead atoms. The summed E-state index contributed by atoms with van der Waals surface area (Å²) in [7, 11) is 0. The number of aliphatic hydroxyl groups excluding tert-OH is 2. The first-order valence-corrected chi connectivity index (χ1v) is 10.1. The van der Waals surface area contributed by atoms with Crippen molar-refractivity contribution >= 4 is 11.6 Å². The smallest absolute Gasteiger partial charge is 0.183 e. The van der Waals surface area contributed by atoms with Crippen molar-refractivity contribution in [3.05, 3.63) is 82.6 Å². The minimum Gasteiger partial charge on any atom is -0.511 e. The van der Waals surface area contributed by atoms with Crippen molar-refractivity contribution < 1.29 is 28.9 Å². The zero-order chi connectivity index (χ0) is 22.5. The van der Waals surface area contributed by atoms with Crippen LogP contribution >= 0.6 is 0 Å². The summed E-state index contributed by atoms with van der Waals surface area (Å²) in [4.78, 5) is 25.8. The fourth-order valence-corrected chi connectivity index (χ4v) is 3.98. The Morgan fingerprint density at radius 3 is 2.16 bits per heavy atom. The number of ether oxygens (including phenoxy) is 1. The zero-order valence-electron chi connectivity index (χ0n) is 17.5. The van der Waals surface area contributed by atoms with E-state index in [2.05, 4.69) is 0 Å². The van der Waals surface area contributed by atoms with Gasteiger partial charge in [0, 0.05) is 11.5 Å². The molecule has 2 unspecified atom stereocenters. The Labute approximate surface area is 179 Å². The van der Waals surface area contributed by atoms with Crippen molar-refractivity contribution in [2.24, 2.45) is 11.3 Å². The first-order valence-electron chi connectivity index (χ1n) is 10.1. The van der Waals surface area contributed by atoms with E-state index in [9.17, 15) is 24.2 Å². The highest BCUT2D eigenvalue weighted by Gasteiger charge is 2.51. The van der Waals surface area contributed by atoms with Gasteiger partial charge in [-0.25, -0.2) is 4.39 Å². The number of carbonyl (C=O) groups is 2. The van der Waals surface area contributed by atoms with Gasteiger partial charge in [0.25, 0.3) is 0 Å². The van der Waals surface area contributed by atoms with Crippen LogP contribution in [0.2, 0.25) is 0 Å². The summed E-state index contributed by atoms with van der Waals surface area (Å²) in [6.07, 6.45) is 0.580. The normalized spacial score (nSPS) is 22.5. The van der Waals surface area contributed by atoms with E-state index in [-0.39, 0.29) is 34.4 Å². The van der Waals surface area contributed by atoms with Gasteiger partial charge >= 0.3 is 0 Å². The molecule has 2 aliphatic rings. The molecule has 2 N–H and O–H groups in total. The lowest BCUT2D eigenvalue weighted by Crippen LogP contribution is -2.36. The standard InChI is InChI=1S/C25H23FO5/c1-13-21(27)20(24(30)25(2,3)23(13)29)22(28)19-12-18(19)14-4-8-16(9-5-14)31-17-10-6-15(26)7-11-17/h4-11,18-19,27,29H,12H2,1-3H3. The minimum atomic E-state index is -1.25. The Hall–Kier alpha value is -3.41. The third-order valence-corrected chi connectivity index (χ3v) is 6.07. The molecule has 0 amide bonds. The molecule has 0 heterocycles. The predicted molar refractivity (Wildman–Crippen MR) is 113 cm³/mol. The van der Waals surface area contributed by atoms with Crippen LogP contribution in [0.1, 0.15) is 38.7 Å². The molecule has 0 saturated heterocycles. The number of rotatable bonds is 5. The highest BCUT2D eigenvalue weighted by molar-refractivity contribution is 6.25. The molecule has 160 valence electrons. The number of halogens is 1. The zero-order valence-corrected chi connectivity index (χ0v) is 17.5. The highest BCUT2D eigenvalue weighted by Crippen LogP contribution is 2.51. The molecule has 4 rings (SSSR count). The number of ketones is 2. The van der Waals surface area contributed by atoms with Crippen molar-refractivity contribution in [2.45, 2.75) is 33.1 Å². The molecule has 6 heteroatoms. The summed E-state index contributed by atoms with van der Waals surface area (Å²) in [5, 5.41) is 20.6. The topological polar surface area (TPSA) is 83.8 Å². The fraction of sp³-hybridized carbons (Fsp3) is 0.280. The Bertz CT molecular complexity index is 1120. The summed E-state index contributed by atoms with van der Waals surface area (Å²) in [5.74, 6) is -1.28. The Morgan fingerprint density at radius 1 is 1.03 bits per heavy atom. The van der Waals surface area contributed by atoms with Gasteiger partial charge in [-0.1, -0.05) is 12.1 Å². The van der Waals surface area contributed by atoms with Gasteiger partial charge in [0.15, 0.2) is 11.6 Å². The Balaban J connectivity index is 1.49. The maximum absolute atomic E-state index is 13.0. The highest BCUT2D eigenvalue weighted by atomic mass is 19.1. The Kier molecular flexibility index (Phi) is 4.96. The summed E-state index contributed by atoms with van der Waals surface area (Å²) in [5.41, 5.74) is -0.371. The van der Waals surface area contributed by atoms with Crippen LogP contribution in [0.25, 0.3) is 0 Å². The molecule has 5 nitrogen and oxygen atoms in total. The third kappa shape index (κ3) is 3.63. The predicted octanol–water partition coefficient (Wildman–Crippen LogP) is 5.54. The maximum Gasteiger partial charge on any atom is 0.183 e. The number of hydrogen-bond acceptors (Lipinski definition) is 5. The summed E-state index contributed by atoms with van der Waals surface area (Å²) in [6.45, 7) is 4.58. The van der Waals surface area contributed by atoms with E-state index in [0.29, 0.717) is 17.9 Å². The van der Waals surface area contributed by atoms with Gasteiger partial charge in [0.1, 0.15) is 34.4 Å². The maximum atomic E-state index is 13.0. The van der Waals surface area contributed by atoms with Crippen molar-refractivity contribution in [1.82, 2.24) is 0 Å². The second-order valence-corrected chi connectivity index (χ2v) is 8.59. The molecular formula is C25H23FO5. The van der Waals surface area contributed by atoms with Crippen LogP contribution in [-0.4, -0.2) is 21.8 Å². The third-order valence-electron chi connectivity index (χ3n) is 6.07. The van der Waals surface area contributed by atoms with Gasteiger partial charge in [-0.15, -0.1) is 0 Å². The molecule has 2 aromatic carbocycles. The molecule has 2 aliphatic carbocycles. The molecule has 0 radical (unpaired) electrons. The van der Waals surface area contributed by atoms with E-state index in [1.165, 1.54) is 45.0 Å². The molecule has 31 heavy (non-hydrogen) atoms. The SMILES string of the molecule is CC1=C(O)C(C)(C)C(=O)C(C(=O)C2CC2c2ccc(Oc3ccc(F)cc3)cc2)=C1O. The van der Waals surface area contributed by atoms with Crippen LogP contribution in [0.15, 0.2) is 71.2 Å². The van der Waals surface area contributed by atoms with Gasteiger partial charge in [-0.2, -0.15) is 0 Å². The molecule has 1 fully saturated rings. The molecular weight excluding hydrogens is 399 g/mol. The average molecular weight is 422 g/mol. The van der Waals surface area contributed by atoms with Gasteiger partial charge in [0.05, 0.1) is 5.41 Å². The molecule has 0 spiro atoms. The fourth-order valence-electron chi connectivity index (χ4n) is 3.98. The lowest BCUT2D eigenvalue weighted by molar-refractivity contribution is -0.127. The van der Waals surface area contributed by atoms with Crippen LogP contribution in [0, 0.1) is 17.2 Å². The van der Waals surface area contributed by atoms with Crippen LogP contribution in [0.5, 0.6) is 11.5 Å². The number of allylic oxidation sites excluding steroid dienone is 3. The van der Waals surface area contributed by atoms with E-state index in [4.69, 9.17) is 4.74 Å². The second kappa shape index (κ2) is 7.38. The molecule has 2 atom stereocenters. The lowest BCUT2D eigenvalue weighted by atomic mass is 9.74. The summed E-state index contributed by atoms with van der Waals surface area (Å²) >= 11 is 0. The number of Topliss-reactive ketones (excluding diaryl/α,β-unsaturated/α-hetero) is 2. The quantitative estimate of drug-likeness (QED) is 0.618. The molecule has 0 aliphatic heterocycles. The second-order valence-electron chi connectivity index (χ2n) is 8.59. The van der Waals surface area contributed by atoms with Crippen LogP contribution in [-0.2, 0) is 9.59 Å². The largest absolute Gasteiger partial charge is 0.511 e. The molecule has 0 aromatic heterocycles. The van der Waals surface area contributed by atoms with E-state index >= 15 is 0 Å². The van der Waals surface area contributed by atoms with Crippen LogP contribution in [0.3, 0.4) is 0 Å². The minimum absolute atomic E-state index is 0.0524. The first kappa shape index (κ1) is 20.8. The number of benzene rings is 2. The van der Waals surface area contributed by atoms with Gasteiger partial charge in [-0.05, 0) is 75.1 Å². The van der Waals surface area contributed by atoms with Gasteiger partial charge < -0.3 is 14.9 Å². The molecule has 1 saturated carbocycles. The first-order chi connectivity index (χ1) is 14.6. The van der Waals surface area contributed by atoms with Gasteiger partial charge in [-0.3, -0.25) is 9.59 Å². The van der Waals surface area contributed by atoms with Crippen molar-refractivity contribution in [1.29, 1.82) is 0 Å². The van der Waals surface area contributed by atoms with E-state index in [1.807, 2.05) is 12.1 Å². The summed E-state index contributed by atoms with van der Waals surface area (Å²) < 4.78 is 18.7. The average Bonchev–Trinajstić information content (AvgIpc) is 3.54. The van der Waals surface area contributed by atoms with Crippen molar-refractivity contribution in [3.63, 3.8) is 0 Å². The number of carbonyl (C=O) groups excluding carboxylic acids is 2. The van der Waals surface area contributed by atoms with Crippen molar-refractivity contribution in [2.75, 3.05) is 0 Å². The number of hydrogen-bond donors (Lipinski definition) is 2. The summed E-state index contributed by atoms with van der Waals surface area (Å²) in [6, 6.07) is 13.0. The van der Waals surface area contributed by atoms with Crippen LogP contribution < -0.4 is 4.74 Å². The van der Waals surface area contributed by atoms with Crippen LogP contribution in [0.4, 0.5) is 4.39 Å².